The van der Waals surface area contributed by atoms with E-state index in [1.165, 1.54) is 0 Å². The molecule has 2 aromatic heterocycles. The monoisotopic (exact) mass is 365 g/mol. The minimum Gasteiger partial charge on any atom is -0.473 e. The van der Waals surface area contributed by atoms with E-state index in [2.05, 4.69) is 20.0 Å². The Bertz CT molecular complexity index is 723. The van der Waals surface area contributed by atoms with Crippen molar-refractivity contribution in [1.82, 2.24) is 24.6 Å². The molecule has 2 aromatic rings. The molecule has 1 saturated carbocycles. The summed E-state index contributed by atoms with van der Waals surface area (Å²) in [6.45, 7) is 6.60. The number of hydrogen-bond acceptors (Lipinski definition) is 6. The van der Waals surface area contributed by atoms with Gasteiger partial charge < -0.3 is 9.47 Å². The first-order valence-electron chi connectivity index (χ1n) is 9.12. The highest BCUT2D eigenvalue weighted by molar-refractivity contribution is 6.28. The first-order valence-corrected chi connectivity index (χ1v) is 9.50. The van der Waals surface area contributed by atoms with Crippen molar-refractivity contribution in [2.45, 2.75) is 51.3 Å². The zero-order valence-corrected chi connectivity index (χ0v) is 15.3. The van der Waals surface area contributed by atoms with Crippen molar-refractivity contribution >= 4 is 22.6 Å². The van der Waals surface area contributed by atoms with Crippen LogP contribution in [0, 0.1) is 0 Å². The highest BCUT2D eigenvalue weighted by Gasteiger charge is 2.28. The molecule has 0 amide bonds. The number of aryl methyl sites for hydroxylation is 1. The molecule has 3 heterocycles. The zero-order chi connectivity index (χ0) is 17.2. The Morgan fingerprint density at radius 3 is 2.68 bits per heavy atom. The highest BCUT2D eigenvalue weighted by atomic mass is 35.5. The van der Waals surface area contributed by atoms with Crippen LogP contribution in [0.5, 0.6) is 5.88 Å². The molecule has 0 N–H and O–H groups in total. The van der Waals surface area contributed by atoms with E-state index in [9.17, 15) is 0 Å². The molecule has 1 aliphatic heterocycles. The van der Waals surface area contributed by atoms with Crippen LogP contribution < -0.4 is 4.74 Å². The second-order valence-corrected chi connectivity index (χ2v) is 7.03. The lowest BCUT2D eigenvalue weighted by atomic mass is 9.91. The number of halogens is 1. The van der Waals surface area contributed by atoms with Crippen LogP contribution in [0.2, 0.25) is 5.28 Å². The summed E-state index contributed by atoms with van der Waals surface area (Å²) in [5.74, 6) is 0.559. The van der Waals surface area contributed by atoms with Gasteiger partial charge >= 0.3 is 0 Å². The molecule has 0 bridgehead atoms. The standard InChI is InChI=1S/C17H24ClN5O2/c1-2-23-15-14(11-19-23)20-17(18)21-16(15)25-13-5-3-12(4-6-13)22-7-9-24-10-8-22/h11-13H,2-10H2,1H3. The maximum absolute atomic E-state index is 6.25. The maximum Gasteiger partial charge on any atom is 0.244 e. The van der Waals surface area contributed by atoms with E-state index < -0.39 is 0 Å². The molecular formula is C17H24ClN5O2. The fourth-order valence-corrected chi connectivity index (χ4v) is 4.06. The smallest absolute Gasteiger partial charge is 0.244 e. The summed E-state index contributed by atoms with van der Waals surface area (Å²) in [6, 6.07) is 0.652. The average Bonchev–Trinajstić information content (AvgIpc) is 3.06. The van der Waals surface area contributed by atoms with E-state index in [1.807, 2.05) is 11.6 Å². The Labute approximate surface area is 152 Å². The lowest BCUT2D eigenvalue weighted by Crippen LogP contribution is -2.46. The van der Waals surface area contributed by atoms with Gasteiger partial charge in [-0.15, -0.1) is 0 Å². The van der Waals surface area contributed by atoms with Crippen molar-refractivity contribution in [1.29, 1.82) is 0 Å². The second-order valence-electron chi connectivity index (χ2n) is 6.69. The van der Waals surface area contributed by atoms with Crippen molar-refractivity contribution in [2.75, 3.05) is 26.3 Å². The van der Waals surface area contributed by atoms with Crippen molar-refractivity contribution in [3.05, 3.63) is 11.5 Å². The molecule has 1 aliphatic carbocycles. The van der Waals surface area contributed by atoms with E-state index in [1.54, 1.807) is 6.20 Å². The topological polar surface area (TPSA) is 65.3 Å². The number of fused-ring (bicyclic) bond motifs is 1. The minimum absolute atomic E-state index is 0.173. The summed E-state index contributed by atoms with van der Waals surface area (Å²) in [4.78, 5) is 11.1. The van der Waals surface area contributed by atoms with Crippen LogP contribution in [0.3, 0.4) is 0 Å². The van der Waals surface area contributed by atoms with Gasteiger partial charge in [0.25, 0.3) is 0 Å². The molecule has 1 saturated heterocycles. The van der Waals surface area contributed by atoms with Crippen molar-refractivity contribution in [3.8, 4) is 5.88 Å². The molecule has 136 valence electrons. The van der Waals surface area contributed by atoms with Gasteiger partial charge in [0, 0.05) is 25.7 Å². The van der Waals surface area contributed by atoms with Crippen LogP contribution in [-0.2, 0) is 11.3 Å². The third kappa shape index (κ3) is 3.59. The summed E-state index contributed by atoms with van der Waals surface area (Å²) in [6.07, 6.45) is 6.26. The molecule has 2 fully saturated rings. The van der Waals surface area contributed by atoms with E-state index in [4.69, 9.17) is 21.1 Å². The molecule has 0 radical (unpaired) electrons. The Hall–Kier alpha value is -1.44. The predicted octanol–water partition coefficient (Wildman–Crippen LogP) is 2.52. The summed E-state index contributed by atoms with van der Waals surface area (Å²) < 4.78 is 13.6. The van der Waals surface area contributed by atoms with E-state index in [-0.39, 0.29) is 11.4 Å². The number of morpholine rings is 1. The molecule has 0 atom stereocenters. The minimum atomic E-state index is 0.173. The van der Waals surface area contributed by atoms with Gasteiger partial charge in [0.2, 0.25) is 11.2 Å². The van der Waals surface area contributed by atoms with Crippen LogP contribution in [0.15, 0.2) is 6.20 Å². The molecular weight excluding hydrogens is 342 g/mol. The second kappa shape index (κ2) is 7.43. The maximum atomic E-state index is 6.25. The van der Waals surface area contributed by atoms with Crippen molar-refractivity contribution < 1.29 is 9.47 Å². The van der Waals surface area contributed by atoms with Crippen LogP contribution in [0.4, 0.5) is 0 Å². The molecule has 0 aromatic carbocycles. The largest absolute Gasteiger partial charge is 0.473 e. The van der Waals surface area contributed by atoms with Gasteiger partial charge in [0.1, 0.15) is 17.1 Å². The fourth-order valence-electron chi connectivity index (χ4n) is 3.89. The van der Waals surface area contributed by atoms with Gasteiger partial charge in [-0.2, -0.15) is 10.1 Å². The summed E-state index contributed by atoms with van der Waals surface area (Å²) >= 11 is 6.06. The number of rotatable bonds is 4. The molecule has 0 unspecified atom stereocenters. The third-order valence-electron chi connectivity index (χ3n) is 5.21. The first-order chi connectivity index (χ1) is 12.2. The van der Waals surface area contributed by atoms with E-state index >= 15 is 0 Å². The molecule has 25 heavy (non-hydrogen) atoms. The van der Waals surface area contributed by atoms with Crippen LogP contribution in [0.25, 0.3) is 11.0 Å². The molecule has 0 spiro atoms. The zero-order valence-electron chi connectivity index (χ0n) is 14.5. The normalized spacial score (nSPS) is 25.4. The number of ether oxygens (including phenoxy) is 2. The number of aromatic nitrogens is 4. The Morgan fingerprint density at radius 2 is 1.96 bits per heavy atom. The van der Waals surface area contributed by atoms with E-state index in [0.717, 1.165) is 69.6 Å². The van der Waals surface area contributed by atoms with Gasteiger partial charge in [-0.3, -0.25) is 9.58 Å². The lowest BCUT2D eigenvalue weighted by molar-refractivity contribution is -0.00129. The Kier molecular flexibility index (Phi) is 5.05. The van der Waals surface area contributed by atoms with Crippen LogP contribution >= 0.6 is 11.6 Å². The molecule has 2 aliphatic rings. The first kappa shape index (κ1) is 17.0. The summed E-state index contributed by atoms with van der Waals surface area (Å²) in [7, 11) is 0. The molecule has 8 heteroatoms. The predicted molar refractivity (Wildman–Crippen MR) is 95.1 cm³/mol. The highest BCUT2D eigenvalue weighted by Crippen LogP contribution is 2.30. The van der Waals surface area contributed by atoms with Gasteiger partial charge in [-0.1, -0.05) is 0 Å². The molecule has 7 nitrogen and oxygen atoms in total. The van der Waals surface area contributed by atoms with Gasteiger partial charge in [0.05, 0.1) is 19.4 Å². The van der Waals surface area contributed by atoms with Gasteiger partial charge in [-0.05, 0) is 44.2 Å². The number of hydrogen-bond donors (Lipinski definition) is 0. The van der Waals surface area contributed by atoms with Crippen molar-refractivity contribution in [2.24, 2.45) is 0 Å². The SMILES string of the molecule is CCn1ncc2nc(Cl)nc(OC3CCC(N4CCOCC4)CC3)c21. The summed E-state index contributed by atoms with van der Waals surface area (Å²) in [5, 5.41) is 4.55. The average molecular weight is 366 g/mol. The lowest BCUT2D eigenvalue weighted by Gasteiger charge is -2.38. The summed E-state index contributed by atoms with van der Waals surface area (Å²) in [5.41, 5.74) is 1.57. The van der Waals surface area contributed by atoms with Gasteiger partial charge in [-0.25, -0.2) is 4.98 Å². The number of nitrogens with zero attached hydrogens (tertiary/aromatic N) is 5. The molecule has 4 rings (SSSR count). The van der Waals surface area contributed by atoms with Gasteiger partial charge in [0.15, 0.2) is 0 Å². The van der Waals surface area contributed by atoms with E-state index in [0.29, 0.717) is 11.9 Å². The Morgan fingerprint density at radius 1 is 1.20 bits per heavy atom. The van der Waals surface area contributed by atoms with Crippen LogP contribution in [0.1, 0.15) is 32.6 Å². The quantitative estimate of drug-likeness (QED) is 0.776. The van der Waals surface area contributed by atoms with Crippen molar-refractivity contribution in [3.63, 3.8) is 0 Å². The van der Waals surface area contributed by atoms with Crippen LogP contribution in [-0.4, -0.2) is 63.1 Å². The Balaban J connectivity index is 1.45. The third-order valence-corrected chi connectivity index (χ3v) is 5.38. The fraction of sp³-hybridized carbons (Fsp3) is 0.706.